The number of anilines is 2. The molecule has 0 saturated heterocycles. The average molecular weight is 316 g/mol. The molecule has 0 aliphatic carbocycles. The largest absolute Gasteiger partial charge is 0.316 e. The van der Waals surface area contributed by atoms with Crippen LogP contribution in [0.25, 0.3) is 0 Å². The van der Waals surface area contributed by atoms with Gasteiger partial charge in [-0.15, -0.1) is 11.3 Å². The molecule has 0 atom stereocenters. The van der Waals surface area contributed by atoms with Crippen LogP contribution in [0.4, 0.5) is 10.8 Å². The molecule has 0 unspecified atom stereocenters. The first-order chi connectivity index (χ1) is 9.08. The molecule has 0 saturated carbocycles. The highest BCUT2D eigenvalue weighted by atomic mass is 35.5. The van der Waals surface area contributed by atoms with Gasteiger partial charge in [-0.1, -0.05) is 29.3 Å². The number of amides is 2. The maximum atomic E-state index is 11.7. The first-order valence-electron chi connectivity index (χ1n) is 5.04. The fourth-order valence-corrected chi connectivity index (χ4v) is 2.09. The van der Waals surface area contributed by atoms with E-state index in [1.807, 2.05) is 0 Å². The van der Waals surface area contributed by atoms with Crippen molar-refractivity contribution in [2.75, 3.05) is 10.6 Å². The minimum Gasteiger partial charge on any atom is -0.316 e. The number of thiazole rings is 1. The van der Waals surface area contributed by atoms with Gasteiger partial charge in [0, 0.05) is 11.6 Å². The Hall–Kier alpha value is -1.63. The van der Waals surface area contributed by atoms with E-state index < -0.39 is 11.8 Å². The lowest BCUT2D eigenvalue weighted by molar-refractivity contribution is -0.132. The Morgan fingerprint density at radius 1 is 1.16 bits per heavy atom. The summed E-state index contributed by atoms with van der Waals surface area (Å²) in [6, 6.07) is 4.74. The van der Waals surface area contributed by atoms with Crippen LogP contribution in [0.15, 0.2) is 29.8 Å². The van der Waals surface area contributed by atoms with Crippen LogP contribution in [-0.4, -0.2) is 16.8 Å². The Morgan fingerprint density at radius 3 is 2.58 bits per heavy atom. The fraction of sp³-hybridized carbons (Fsp3) is 0. The quantitative estimate of drug-likeness (QED) is 0.837. The minimum absolute atomic E-state index is 0.180. The highest BCUT2D eigenvalue weighted by molar-refractivity contribution is 7.13. The van der Waals surface area contributed by atoms with Crippen molar-refractivity contribution in [3.63, 3.8) is 0 Å². The number of carbonyl (C=O) groups is 2. The monoisotopic (exact) mass is 315 g/mol. The Bertz CT molecular complexity index is 616. The van der Waals surface area contributed by atoms with E-state index in [0.717, 1.165) is 0 Å². The van der Waals surface area contributed by atoms with Crippen LogP contribution < -0.4 is 10.6 Å². The molecule has 0 radical (unpaired) electrons. The molecule has 5 nitrogen and oxygen atoms in total. The van der Waals surface area contributed by atoms with E-state index in [1.54, 1.807) is 23.6 Å². The van der Waals surface area contributed by atoms with Crippen LogP contribution in [0.1, 0.15) is 0 Å². The van der Waals surface area contributed by atoms with Crippen molar-refractivity contribution in [2.45, 2.75) is 0 Å². The number of carbonyl (C=O) groups excluding carboxylic acids is 2. The second-order valence-electron chi connectivity index (χ2n) is 3.35. The van der Waals surface area contributed by atoms with Crippen LogP contribution in [-0.2, 0) is 9.59 Å². The average Bonchev–Trinajstić information content (AvgIpc) is 2.87. The molecule has 1 aromatic carbocycles. The van der Waals surface area contributed by atoms with Gasteiger partial charge < -0.3 is 5.32 Å². The molecule has 2 rings (SSSR count). The van der Waals surface area contributed by atoms with Crippen molar-refractivity contribution in [1.29, 1.82) is 0 Å². The zero-order valence-corrected chi connectivity index (χ0v) is 11.6. The fourth-order valence-electron chi connectivity index (χ4n) is 1.22. The highest BCUT2D eigenvalue weighted by Crippen LogP contribution is 2.29. The van der Waals surface area contributed by atoms with Gasteiger partial charge in [0.15, 0.2) is 5.13 Å². The molecule has 1 heterocycles. The third kappa shape index (κ3) is 3.44. The minimum atomic E-state index is -0.848. The standard InChI is InChI=1S/C11H7Cl2N3O2S/c12-6-2-1-3-7(8(6)13)15-9(17)10(18)16-11-14-4-5-19-11/h1-5H,(H,15,17)(H,14,16,18). The molecular weight excluding hydrogens is 309 g/mol. The summed E-state index contributed by atoms with van der Waals surface area (Å²) in [5.74, 6) is -1.68. The van der Waals surface area contributed by atoms with Gasteiger partial charge in [0.1, 0.15) is 0 Å². The van der Waals surface area contributed by atoms with E-state index in [-0.39, 0.29) is 10.7 Å². The zero-order valence-electron chi connectivity index (χ0n) is 9.31. The van der Waals surface area contributed by atoms with E-state index in [4.69, 9.17) is 23.2 Å². The van der Waals surface area contributed by atoms with Crippen LogP contribution >= 0.6 is 34.5 Å². The number of nitrogens with one attached hydrogen (secondary N) is 2. The van der Waals surface area contributed by atoms with Crippen molar-refractivity contribution >= 4 is 57.2 Å². The van der Waals surface area contributed by atoms with Gasteiger partial charge in [-0.25, -0.2) is 4.98 Å². The number of nitrogens with zero attached hydrogens (tertiary/aromatic N) is 1. The zero-order chi connectivity index (χ0) is 13.8. The summed E-state index contributed by atoms with van der Waals surface area (Å²) in [5.41, 5.74) is 0.272. The number of hydrogen-bond acceptors (Lipinski definition) is 4. The molecule has 1 aromatic heterocycles. The third-order valence-corrected chi connectivity index (χ3v) is 3.57. The number of benzene rings is 1. The van der Waals surface area contributed by atoms with Crippen LogP contribution in [0.2, 0.25) is 10.0 Å². The lowest BCUT2D eigenvalue weighted by Crippen LogP contribution is -2.29. The first kappa shape index (κ1) is 13.8. The van der Waals surface area contributed by atoms with E-state index in [9.17, 15) is 9.59 Å². The number of aromatic nitrogens is 1. The molecule has 2 aromatic rings. The lowest BCUT2D eigenvalue weighted by Gasteiger charge is -2.07. The molecule has 0 bridgehead atoms. The van der Waals surface area contributed by atoms with Crippen molar-refractivity contribution in [2.24, 2.45) is 0 Å². The first-order valence-corrected chi connectivity index (χ1v) is 6.67. The highest BCUT2D eigenvalue weighted by Gasteiger charge is 2.16. The van der Waals surface area contributed by atoms with Crippen molar-refractivity contribution in [3.05, 3.63) is 39.8 Å². The van der Waals surface area contributed by atoms with Crippen LogP contribution in [0.5, 0.6) is 0 Å². The van der Waals surface area contributed by atoms with Crippen LogP contribution in [0.3, 0.4) is 0 Å². The smallest absolute Gasteiger partial charge is 0.315 e. The van der Waals surface area contributed by atoms with Gasteiger partial charge in [0.05, 0.1) is 15.7 Å². The number of rotatable bonds is 2. The Labute approximate surface area is 122 Å². The van der Waals surface area contributed by atoms with Gasteiger partial charge >= 0.3 is 11.8 Å². The molecule has 98 valence electrons. The Morgan fingerprint density at radius 2 is 1.89 bits per heavy atom. The maximum Gasteiger partial charge on any atom is 0.315 e. The van der Waals surface area contributed by atoms with Gasteiger partial charge in [-0.05, 0) is 12.1 Å². The van der Waals surface area contributed by atoms with Gasteiger partial charge in [0.25, 0.3) is 0 Å². The summed E-state index contributed by atoms with van der Waals surface area (Å²) < 4.78 is 0. The second kappa shape index (κ2) is 6.01. The Balaban J connectivity index is 2.04. The van der Waals surface area contributed by atoms with Crippen molar-refractivity contribution in [1.82, 2.24) is 4.98 Å². The molecule has 0 aliphatic rings. The van der Waals surface area contributed by atoms with Crippen molar-refractivity contribution in [3.8, 4) is 0 Å². The molecule has 0 aliphatic heterocycles. The molecule has 0 spiro atoms. The van der Waals surface area contributed by atoms with Crippen LogP contribution in [0, 0.1) is 0 Å². The second-order valence-corrected chi connectivity index (χ2v) is 5.03. The molecule has 0 fully saturated rings. The van der Waals surface area contributed by atoms with E-state index >= 15 is 0 Å². The predicted octanol–water partition coefficient (Wildman–Crippen LogP) is 3.03. The molecular formula is C11H7Cl2N3O2S. The maximum absolute atomic E-state index is 11.7. The normalized spacial score (nSPS) is 10.0. The van der Waals surface area contributed by atoms with E-state index in [2.05, 4.69) is 15.6 Å². The topological polar surface area (TPSA) is 71.1 Å². The summed E-state index contributed by atoms with van der Waals surface area (Å²) >= 11 is 12.9. The summed E-state index contributed by atoms with van der Waals surface area (Å²) in [6.45, 7) is 0. The predicted molar refractivity (Wildman–Crippen MR) is 75.8 cm³/mol. The van der Waals surface area contributed by atoms with Gasteiger partial charge in [0.2, 0.25) is 0 Å². The van der Waals surface area contributed by atoms with Gasteiger partial charge in [-0.3, -0.25) is 14.9 Å². The summed E-state index contributed by atoms with van der Waals surface area (Å²) in [7, 11) is 0. The Kier molecular flexibility index (Phi) is 4.36. The molecule has 8 heteroatoms. The molecule has 19 heavy (non-hydrogen) atoms. The van der Waals surface area contributed by atoms with E-state index in [1.165, 1.54) is 17.5 Å². The summed E-state index contributed by atoms with van der Waals surface area (Å²) in [6.07, 6.45) is 1.52. The summed E-state index contributed by atoms with van der Waals surface area (Å²) in [5, 5.41) is 7.23. The third-order valence-electron chi connectivity index (χ3n) is 2.06. The molecule has 2 N–H and O–H groups in total. The van der Waals surface area contributed by atoms with Crippen molar-refractivity contribution < 1.29 is 9.59 Å². The lowest BCUT2D eigenvalue weighted by atomic mass is 10.3. The number of halogens is 2. The SMILES string of the molecule is O=C(Nc1nccs1)C(=O)Nc1cccc(Cl)c1Cl. The number of hydrogen-bond donors (Lipinski definition) is 2. The molecule has 2 amide bonds. The van der Waals surface area contributed by atoms with Gasteiger partial charge in [-0.2, -0.15) is 0 Å². The van der Waals surface area contributed by atoms with E-state index in [0.29, 0.717) is 10.2 Å². The summed E-state index contributed by atoms with van der Waals surface area (Å²) in [4.78, 5) is 27.1.